The first kappa shape index (κ1) is 15.4. The van der Waals surface area contributed by atoms with E-state index in [9.17, 15) is 19.3 Å². The molecule has 112 valence electrons. The minimum absolute atomic E-state index is 0.0553. The Bertz CT molecular complexity index is 740. The summed E-state index contributed by atoms with van der Waals surface area (Å²) in [7, 11) is 0. The fourth-order valence-corrected chi connectivity index (χ4v) is 1.88. The van der Waals surface area contributed by atoms with Crippen LogP contribution in [0.4, 0.5) is 15.8 Å². The van der Waals surface area contributed by atoms with Crippen LogP contribution in [0.5, 0.6) is 0 Å². The maximum atomic E-state index is 12.8. The zero-order chi connectivity index (χ0) is 16.1. The van der Waals surface area contributed by atoms with Crippen molar-refractivity contribution in [2.75, 3.05) is 5.32 Å². The zero-order valence-corrected chi connectivity index (χ0v) is 11.7. The molecule has 0 heterocycles. The van der Waals surface area contributed by atoms with Crippen LogP contribution in [0, 0.1) is 22.9 Å². The number of carbonyl (C=O) groups is 1. The Kier molecular flexibility index (Phi) is 4.63. The third kappa shape index (κ3) is 3.76. The smallest absolute Gasteiger partial charge is 0.274 e. The number of benzene rings is 2. The van der Waals surface area contributed by atoms with Crippen LogP contribution in [0.1, 0.15) is 11.1 Å². The first-order valence-corrected chi connectivity index (χ1v) is 6.46. The van der Waals surface area contributed by atoms with Crippen LogP contribution in [-0.2, 0) is 4.79 Å². The molecule has 0 bridgehead atoms. The predicted molar refractivity (Wildman–Crippen MR) is 81.9 cm³/mol. The molecule has 2 rings (SSSR count). The van der Waals surface area contributed by atoms with Gasteiger partial charge in [0.1, 0.15) is 5.82 Å². The summed E-state index contributed by atoms with van der Waals surface area (Å²) in [5.41, 5.74) is 1.38. The fourth-order valence-electron chi connectivity index (χ4n) is 1.88. The molecule has 2 aromatic rings. The van der Waals surface area contributed by atoms with E-state index in [1.54, 1.807) is 13.0 Å². The topological polar surface area (TPSA) is 72.2 Å². The molecule has 1 N–H and O–H groups in total. The lowest BCUT2D eigenvalue weighted by molar-refractivity contribution is -0.385. The molecular weight excluding hydrogens is 287 g/mol. The summed E-state index contributed by atoms with van der Waals surface area (Å²) in [6.45, 7) is 1.57. The minimum atomic E-state index is -0.501. The van der Waals surface area contributed by atoms with Gasteiger partial charge in [-0.2, -0.15) is 0 Å². The third-order valence-corrected chi connectivity index (χ3v) is 3.06. The number of carbonyl (C=O) groups excluding carboxylic acids is 1. The van der Waals surface area contributed by atoms with Gasteiger partial charge in [-0.15, -0.1) is 0 Å². The Morgan fingerprint density at radius 2 is 1.91 bits per heavy atom. The van der Waals surface area contributed by atoms with Crippen LogP contribution in [0.15, 0.2) is 48.5 Å². The second-order valence-corrected chi connectivity index (χ2v) is 4.58. The second-order valence-electron chi connectivity index (χ2n) is 4.58. The van der Waals surface area contributed by atoms with E-state index in [1.807, 2.05) is 0 Å². The van der Waals surface area contributed by atoms with Crippen LogP contribution >= 0.6 is 0 Å². The molecule has 0 spiro atoms. The molecule has 1 amide bonds. The summed E-state index contributed by atoms with van der Waals surface area (Å²) in [4.78, 5) is 22.2. The van der Waals surface area contributed by atoms with Gasteiger partial charge in [0.2, 0.25) is 5.91 Å². The standard InChI is InChI=1S/C16H13FN2O3/c1-11-14(3-2-4-15(11)19(21)22)18-16(20)10-7-12-5-8-13(17)9-6-12/h2-10H,1H3,(H,18,20)/b10-7+. The van der Waals surface area contributed by atoms with Crippen LogP contribution in [-0.4, -0.2) is 10.8 Å². The Labute approximate surface area is 126 Å². The molecule has 2 aromatic carbocycles. The fraction of sp³-hybridized carbons (Fsp3) is 0.0625. The largest absolute Gasteiger partial charge is 0.322 e. The first-order valence-electron chi connectivity index (χ1n) is 6.46. The number of amides is 1. The molecule has 0 aliphatic carbocycles. The zero-order valence-electron chi connectivity index (χ0n) is 11.7. The number of nitro groups is 1. The number of anilines is 1. The van der Waals surface area contributed by atoms with Crippen LogP contribution < -0.4 is 5.32 Å². The van der Waals surface area contributed by atoms with E-state index in [-0.39, 0.29) is 11.5 Å². The highest BCUT2D eigenvalue weighted by atomic mass is 19.1. The Morgan fingerprint density at radius 1 is 1.23 bits per heavy atom. The molecule has 5 nitrogen and oxygen atoms in total. The van der Waals surface area contributed by atoms with Crippen molar-refractivity contribution in [3.8, 4) is 0 Å². The normalized spacial score (nSPS) is 10.6. The number of nitrogens with one attached hydrogen (secondary N) is 1. The summed E-state index contributed by atoms with van der Waals surface area (Å²) in [6.07, 6.45) is 2.81. The molecule has 0 unspecified atom stereocenters. The number of hydrogen-bond acceptors (Lipinski definition) is 3. The van der Waals surface area contributed by atoms with Gasteiger partial charge in [-0.3, -0.25) is 14.9 Å². The van der Waals surface area contributed by atoms with E-state index in [0.29, 0.717) is 16.8 Å². The van der Waals surface area contributed by atoms with Crippen LogP contribution in [0.25, 0.3) is 6.08 Å². The average molecular weight is 300 g/mol. The van der Waals surface area contributed by atoms with Gasteiger partial charge in [-0.25, -0.2) is 4.39 Å². The molecule has 0 saturated carbocycles. The first-order chi connectivity index (χ1) is 10.5. The van der Waals surface area contributed by atoms with Gasteiger partial charge < -0.3 is 5.32 Å². The van der Waals surface area contributed by atoms with Crippen LogP contribution in [0.2, 0.25) is 0 Å². The molecule has 0 atom stereocenters. The highest BCUT2D eigenvalue weighted by molar-refractivity contribution is 6.02. The van der Waals surface area contributed by atoms with E-state index >= 15 is 0 Å². The van der Waals surface area contributed by atoms with E-state index in [0.717, 1.165) is 0 Å². The number of nitro benzene ring substituents is 1. The summed E-state index contributed by atoms with van der Waals surface area (Å²) in [5.74, 6) is -0.776. The number of rotatable bonds is 4. The van der Waals surface area contributed by atoms with Gasteiger partial charge >= 0.3 is 0 Å². The van der Waals surface area contributed by atoms with Gasteiger partial charge in [-0.1, -0.05) is 18.2 Å². The number of nitrogens with zero attached hydrogens (tertiary/aromatic N) is 1. The Balaban J connectivity index is 2.11. The number of halogens is 1. The summed E-state index contributed by atoms with van der Waals surface area (Å²) >= 11 is 0. The van der Waals surface area contributed by atoms with Gasteiger partial charge in [-0.05, 0) is 36.8 Å². The summed E-state index contributed by atoms with van der Waals surface area (Å²) in [5, 5.41) is 13.4. The van der Waals surface area contributed by atoms with Crippen molar-refractivity contribution in [2.45, 2.75) is 6.92 Å². The molecule has 0 aliphatic rings. The highest BCUT2D eigenvalue weighted by Gasteiger charge is 2.13. The average Bonchev–Trinajstić information content (AvgIpc) is 2.48. The minimum Gasteiger partial charge on any atom is -0.322 e. The van der Waals surface area contributed by atoms with E-state index in [4.69, 9.17) is 0 Å². The van der Waals surface area contributed by atoms with Crippen molar-refractivity contribution in [3.63, 3.8) is 0 Å². The predicted octanol–water partition coefficient (Wildman–Crippen LogP) is 3.69. The molecule has 6 heteroatoms. The highest BCUT2D eigenvalue weighted by Crippen LogP contribution is 2.24. The quantitative estimate of drug-likeness (QED) is 0.531. The number of hydrogen-bond donors (Lipinski definition) is 1. The molecule has 0 radical (unpaired) electrons. The SMILES string of the molecule is Cc1c(NC(=O)/C=C/c2ccc(F)cc2)cccc1[N+](=O)[O-]. The van der Waals surface area contributed by atoms with Crippen molar-refractivity contribution < 1.29 is 14.1 Å². The van der Waals surface area contributed by atoms with E-state index in [2.05, 4.69) is 5.32 Å². The van der Waals surface area contributed by atoms with Gasteiger partial charge in [0.25, 0.3) is 5.69 Å². The monoisotopic (exact) mass is 300 g/mol. The van der Waals surface area contributed by atoms with Gasteiger partial charge in [0, 0.05) is 12.1 Å². The molecule has 0 aromatic heterocycles. The lowest BCUT2D eigenvalue weighted by Crippen LogP contribution is -2.09. The van der Waals surface area contributed by atoms with Gasteiger partial charge in [0.15, 0.2) is 0 Å². The summed E-state index contributed by atoms with van der Waals surface area (Å²) in [6, 6.07) is 10.1. The maximum absolute atomic E-state index is 12.8. The molecule has 0 fully saturated rings. The van der Waals surface area contributed by atoms with Crippen molar-refractivity contribution in [1.29, 1.82) is 0 Å². The third-order valence-electron chi connectivity index (χ3n) is 3.06. The molecule has 0 aliphatic heterocycles. The summed E-state index contributed by atoms with van der Waals surface area (Å²) < 4.78 is 12.8. The van der Waals surface area contributed by atoms with Crippen LogP contribution in [0.3, 0.4) is 0 Å². The maximum Gasteiger partial charge on any atom is 0.274 e. The Hall–Kier alpha value is -3.02. The lowest BCUT2D eigenvalue weighted by atomic mass is 10.1. The van der Waals surface area contributed by atoms with E-state index < -0.39 is 10.8 Å². The van der Waals surface area contributed by atoms with Crippen molar-refractivity contribution in [3.05, 3.63) is 75.6 Å². The lowest BCUT2D eigenvalue weighted by Gasteiger charge is -2.06. The Morgan fingerprint density at radius 3 is 2.55 bits per heavy atom. The van der Waals surface area contributed by atoms with Crippen molar-refractivity contribution in [1.82, 2.24) is 0 Å². The molecule has 22 heavy (non-hydrogen) atoms. The van der Waals surface area contributed by atoms with Crippen molar-refractivity contribution in [2.24, 2.45) is 0 Å². The van der Waals surface area contributed by atoms with Gasteiger partial charge in [0.05, 0.1) is 16.2 Å². The molecule has 0 saturated heterocycles. The molecular formula is C16H13FN2O3. The second kappa shape index (κ2) is 6.62. The van der Waals surface area contributed by atoms with E-state index in [1.165, 1.54) is 48.6 Å². The van der Waals surface area contributed by atoms with Crippen molar-refractivity contribution >= 4 is 23.4 Å².